The Hall–Kier alpha value is -2.57. The van der Waals surface area contributed by atoms with Crippen molar-refractivity contribution in [3.63, 3.8) is 0 Å². The van der Waals surface area contributed by atoms with Gasteiger partial charge in [0.05, 0.1) is 11.7 Å². The summed E-state index contributed by atoms with van der Waals surface area (Å²) in [5, 5.41) is 4.70. The predicted molar refractivity (Wildman–Crippen MR) is 82.2 cm³/mol. The molecule has 0 heterocycles. The van der Waals surface area contributed by atoms with Gasteiger partial charge in [-0.2, -0.15) is 0 Å². The molecule has 1 aromatic carbocycles. The Balaban J connectivity index is 1.74. The maximum absolute atomic E-state index is 11.8. The Morgan fingerprint density at radius 1 is 1.17 bits per heavy atom. The van der Waals surface area contributed by atoms with Crippen molar-refractivity contribution in [1.82, 2.24) is 10.6 Å². The second-order valence-corrected chi connectivity index (χ2v) is 5.56. The van der Waals surface area contributed by atoms with Crippen LogP contribution in [0.2, 0.25) is 0 Å². The lowest BCUT2D eigenvalue weighted by Crippen LogP contribution is -2.42. The van der Waals surface area contributed by atoms with E-state index < -0.39 is 24.5 Å². The molecule has 0 atom stereocenters. The molecule has 0 bridgehead atoms. The monoisotopic (exact) mass is 320 g/mol. The summed E-state index contributed by atoms with van der Waals surface area (Å²) in [6, 6.07) is 6.00. The van der Waals surface area contributed by atoms with Gasteiger partial charge in [-0.05, 0) is 51.0 Å². The number of nitrogens with one attached hydrogen (secondary N) is 2. The first kappa shape index (κ1) is 16.8. The summed E-state index contributed by atoms with van der Waals surface area (Å²) in [6.07, 6.45) is 1.89. The van der Waals surface area contributed by atoms with Gasteiger partial charge in [0.1, 0.15) is 5.75 Å². The normalized spacial score (nSPS) is 13.3. The summed E-state index contributed by atoms with van der Waals surface area (Å²) in [4.78, 5) is 34.7. The SMILES string of the molecule is CC(C)Oc1ccc(C(=O)OCC(=O)NC(=O)NC2CC2)cc1. The number of esters is 1. The average Bonchev–Trinajstić information content (AvgIpc) is 3.28. The summed E-state index contributed by atoms with van der Waals surface area (Å²) in [6.45, 7) is 3.29. The second-order valence-electron chi connectivity index (χ2n) is 5.56. The van der Waals surface area contributed by atoms with E-state index in [2.05, 4.69) is 10.6 Å². The Morgan fingerprint density at radius 2 is 1.83 bits per heavy atom. The van der Waals surface area contributed by atoms with E-state index in [4.69, 9.17) is 9.47 Å². The molecule has 3 amide bonds. The highest BCUT2D eigenvalue weighted by Crippen LogP contribution is 2.18. The van der Waals surface area contributed by atoms with Crippen LogP contribution in [0.5, 0.6) is 5.75 Å². The van der Waals surface area contributed by atoms with E-state index in [9.17, 15) is 14.4 Å². The first-order valence-corrected chi connectivity index (χ1v) is 7.48. The van der Waals surface area contributed by atoms with Gasteiger partial charge < -0.3 is 14.8 Å². The van der Waals surface area contributed by atoms with Crippen LogP contribution in [-0.2, 0) is 9.53 Å². The summed E-state index contributed by atoms with van der Waals surface area (Å²) in [5.41, 5.74) is 0.302. The Labute approximate surface area is 134 Å². The third-order valence-electron chi connectivity index (χ3n) is 2.96. The molecule has 124 valence electrons. The molecule has 0 aromatic heterocycles. The number of amides is 3. The zero-order valence-electron chi connectivity index (χ0n) is 13.1. The van der Waals surface area contributed by atoms with Crippen LogP contribution >= 0.6 is 0 Å². The molecule has 0 unspecified atom stereocenters. The number of hydrogen-bond acceptors (Lipinski definition) is 5. The van der Waals surface area contributed by atoms with Crippen LogP contribution in [-0.4, -0.2) is 36.7 Å². The third kappa shape index (κ3) is 5.98. The van der Waals surface area contributed by atoms with Crippen molar-refractivity contribution < 1.29 is 23.9 Å². The standard InChI is InChI=1S/C16H20N2O5/c1-10(2)23-13-7-3-11(4-8-13)15(20)22-9-14(19)18-16(21)17-12-5-6-12/h3-4,7-8,10,12H,5-6,9H2,1-2H3,(H2,17,18,19,21). The fourth-order valence-electron chi connectivity index (χ4n) is 1.77. The summed E-state index contributed by atoms with van der Waals surface area (Å²) >= 11 is 0. The van der Waals surface area contributed by atoms with Crippen molar-refractivity contribution in [1.29, 1.82) is 0 Å². The number of hydrogen-bond donors (Lipinski definition) is 2. The first-order chi connectivity index (χ1) is 10.9. The third-order valence-corrected chi connectivity index (χ3v) is 2.96. The van der Waals surface area contributed by atoms with Crippen molar-refractivity contribution in [3.8, 4) is 5.75 Å². The number of carbonyl (C=O) groups is 3. The molecule has 0 saturated heterocycles. The molecule has 2 rings (SSSR count). The summed E-state index contributed by atoms with van der Waals surface area (Å²) in [7, 11) is 0. The van der Waals surface area contributed by atoms with E-state index in [0.717, 1.165) is 12.8 Å². The number of carbonyl (C=O) groups excluding carboxylic acids is 3. The number of ether oxygens (including phenoxy) is 2. The van der Waals surface area contributed by atoms with Crippen molar-refractivity contribution in [2.75, 3.05) is 6.61 Å². The highest BCUT2D eigenvalue weighted by molar-refractivity contribution is 5.97. The van der Waals surface area contributed by atoms with Gasteiger partial charge in [-0.3, -0.25) is 10.1 Å². The van der Waals surface area contributed by atoms with E-state index >= 15 is 0 Å². The average molecular weight is 320 g/mol. The fraction of sp³-hybridized carbons (Fsp3) is 0.438. The van der Waals surface area contributed by atoms with Crippen LogP contribution in [0.15, 0.2) is 24.3 Å². The van der Waals surface area contributed by atoms with E-state index in [1.165, 1.54) is 0 Å². The number of rotatable bonds is 6. The van der Waals surface area contributed by atoms with Gasteiger partial charge in [-0.25, -0.2) is 9.59 Å². The van der Waals surface area contributed by atoms with Crippen LogP contribution in [0.25, 0.3) is 0 Å². The molecular formula is C16H20N2O5. The van der Waals surface area contributed by atoms with Crippen LogP contribution < -0.4 is 15.4 Å². The first-order valence-electron chi connectivity index (χ1n) is 7.48. The number of imide groups is 1. The predicted octanol–water partition coefficient (Wildman–Crippen LogP) is 1.62. The molecule has 1 fully saturated rings. The van der Waals surface area contributed by atoms with E-state index in [1.54, 1.807) is 24.3 Å². The number of benzene rings is 1. The summed E-state index contributed by atoms with van der Waals surface area (Å²) < 4.78 is 10.3. The highest BCUT2D eigenvalue weighted by Gasteiger charge is 2.24. The quantitative estimate of drug-likeness (QED) is 0.777. The van der Waals surface area contributed by atoms with E-state index in [-0.39, 0.29) is 12.1 Å². The lowest BCUT2D eigenvalue weighted by molar-refractivity contribution is -0.123. The smallest absolute Gasteiger partial charge is 0.338 e. The van der Waals surface area contributed by atoms with Crippen LogP contribution in [0.4, 0.5) is 4.79 Å². The van der Waals surface area contributed by atoms with Crippen molar-refractivity contribution in [3.05, 3.63) is 29.8 Å². The van der Waals surface area contributed by atoms with Crippen LogP contribution in [0.1, 0.15) is 37.0 Å². The Morgan fingerprint density at radius 3 is 2.39 bits per heavy atom. The van der Waals surface area contributed by atoms with E-state index in [0.29, 0.717) is 11.3 Å². The molecule has 2 N–H and O–H groups in total. The largest absolute Gasteiger partial charge is 0.491 e. The lowest BCUT2D eigenvalue weighted by Gasteiger charge is -2.10. The molecule has 1 aliphatic carbocycles. The molecule has 0 spiro atoms. The fourth-order valence-corrected chi connectivity index (χ4v) is 1.77. The molecule has 1 aromatic rings. The molecule has 7 nitrogen and oxygen atoms in total. The number of urea groups is 1. The van der Waals surface area contributed by atoms with Crippen molar-refractivity contribution in [2.45, 2.75) is 38.8 Å². The van der Waals surface area contributed by atoms with Gasteiger partial charge in [-0.15, -0.1) is 0 Å². The maximum Gasteiger partial charge on any atom is 0.338 e. The van der Waals surface area contributed by atoms with Crippen LogP contribution in [0.3, 0.4) is 0 Å². The molecule has 0 radical (unpaired) electrons. The van der Waals surface area contributed by atoms with Crippen molar-refractivity contribution in [2.24, 2.45) is 0 Å². The second kappa shape index (κ2) is 7.62. The topological polar surface area (TPSA) is 93.7 Å². The van der Waals surface area contributed by atoms with Crippen molar-refractivity contribution >= 4 is 17.9 Å². The highest BCUT2D eigenvalue weighted by atomic mass is 16.5. The summed E-state index contributed by atoms with van der Waals surface area (Å²) in [5.74, 6) is -0.666. The minimum Gasteiger partial charge on any atom is -0.491 e. The van der Waals surface area contributed by atoms with Gasteiger partial charge >= 0.3 is 12.0 Å². The molecule has 23 heavy (non-hydrogen) atoms. The molecule has 0 aliphatic heterocycles. The minimum atomic E-state index is -0.670. The molecular weight excluding hydrogens is 300 g/mol. The molecule has 1 aliphatic rings. The minimum absolute atomic E-state index is 0.0401. The lowest BCUT2D eigenvalue weighted by atomic mass is 10.2. The van der Waals surface area contributed by atoms with Gasteiger partial charge in [0, 0.05) is 6.04 Å². The van der Waals surface area contributed by atoms with Crippen LogP contribution in [0, 0.1) is 0 Å². The van der Waals surface area contributed by atoms with Gasteiger partial charge in [0.25, 0.3) is 5.91 Å². The van der Waals surface area contributed by atoms with E-state index in [1.807, 2.05) is 13.8 Å². The Kier molecular flexibility index (Phi) is 5.56. The molecule has 1 saturated carbocycles. The van der Waals surface area contributed by atoms with Gasteiger partial charge in [-0.1, -0.05) is 0 Å². The Bertz CT molecular complexity index is 579. The van der Waals surface area contributed by atoms with Gasteiger partial charge in [0.15, 0.2) is 6.61 Å². The zero-order valence-corrected chi connectivity index (χ0v) is 13.1. The maximum atomic E-state index is 11.8. The molecule has 7 heteroatoms. The zero-order chi connectivity index (χ0) is 16.8. The van der Waals surface area contributed by atoms with Gasteiger partial charge in [0.2, 0.25) is 0 Å².